The van der Waals surface area contributed by atoms with E-state index in [0.717, 1.165) is 0 Å². The molecule has 1 aliphatic heterocycles. The van der Waals surface area contributed by atoms with Crippen LogP contribution in [-0.4, -0.2) is 13.6 Å². The Bertz CT molecular complexity index is 127. The average Bonchev–Trinajstić information content (AvgIpc) is 1.86. The highest BCUT2D eigenvalue weighted by Gasteiger charge is 2.34. The molecule has 2 unspecified atom stereocenters. The molecule has 1 nitrogen and oxygen atoms in total. The van der Waals surface area contributed by atoms with E-state index in [1.165, 1.54) is 31.4 Å². The smallest absolute Gasteiger partial charge is 0.251 e. The van der Waals surface area contributed by atoms with Crippen molar-refractivity contribution in [2.75, 3.05) is 0 Å². The van der Waals surface area contributed by atoms with Crippen molar-refractivity contribution in [1.29, 1.82) is 0 Å². The summed E-state index contributed by atoms with van der Waals surface area (Å²) in [4.78, 5) is 0. The van der Waals surface area contributed by atoms with Crippen molar-refractivity contribution >= 4 is 19.5 Å². The first-order valence-corrected chi connectivity index (χ1v) is 8.17. The summed E-state index contributed by atoms with van der Waals surface area (Å²) < 4.78 is 5.92. The van der Waals surface area contributed by atoms with Crippen LogP contribution in [0.1, 0.15) is 33.1 Å². The molecule has 11 heavy (non-hydrogen) atoms. The summed E-state index contributed by atoms with van der Waals surface area (Å²) in [5.74, 6) is 0. The first-order chi connectivity index (χ1) is 5.16. The highest BCUT2D eigenvalue weighted by molar-refractivity contribution is 8.13. The van der Waals surface area contributed by atoms with Crippen molar-refractivity contribution in [1.82, 2.24) is 0 Å². The molecule has 0 amide bonds. The van der Waals surface area contributed by atoms with Gasteiger partial charge in [-0.15, -0.1) is 0 Å². The van der Waals surface area contributed by atoms with Gasteiger partial charge < -0.3 is 4.43 Å². The van der Waals surface area contributed by atoms with Crippen molar-refractivity contribution in [2.45, 2.75) is 51.3 Å². The first-order valence-electron chi connectivity index (χ1n) is 4.56. The van der Waals surface area contributed by atoms with Gasteiger partial charge in [0.05, 0.1) is 0 Å². The van der Waals surface area contributed by atoms with Crippen LogP contribution < -0.4 is 0 Å². The molecule has 1 heterocycles. The van der Waals surface area contributed by atoms with Gasteiger partial charge in [-0.1, -0.05) is 19.8 Å². The van der Waals surface area contributed by atoms with Crippen molar-refractivity contribution in [3.63, 3.8) is 0 Å². The Hall–Kier alpha value is 0.527. The maximum Gasteiger partial charge on any atom is 0.251 e. The van der Waals surface area contributed by atoms with E-state index in [2.05, 4.69) is 13.8 Å². The van der Waals surface area contributed by atoms with E-state index < -0.39 is 7.47 Å². The molecule has 1 rings (SSSR count). The lowest BCUT2D eigenvalue weighted by atomic mass is 10.2. The van der Waals surface area contributed by atoms with Gasteiger partial charge in [-0.2, -0.15) is 12.1 Å². The van der Waals surface area contributed by atoms with Crippen molar-refractivity contribution < 1.29 is 4.43 Å². The zero-order chi connectivity index (χ0) is 8.32. The van der Waals surface area contributed by atoms with Crippen molar-refractivity contribution in [3.05, 3.63) is 0 Å². The fourth-order valence-corrected chi connectivity index (χ4v) is 6.31. The Morgan fingerprint density at radius 2 is 2.36 bits per heavy atom. The molecular formula is C8H18OSSi. The lowest BCUT2D eigenvalue weighted by Crippen LogP contribution is -2.39. The van der Waals surface area contributed by atoms with Crippen LogP contribution in [0.5, 0.6) is 0 Å². The average molecular weight is 190 g/mol. The first kappa shape index (κ1) is 9.61. The molecule has 0 radical (unpaired) electrons. The molecule has 1 fully saturated rings. The number of hydrogen-bond donors (Lipinski definition) is 1. The zero-order valence-corrected chi connectivity index (χ0v) is 9.36. The number of hydrogen-bond acceptors (Lipinski definition) is 2. The van der Waals surface area contributed by atoms with Crippen molar-refractivity contribution in [2.24, 2.45) is 0 Å². The normalized spacial score (nSPS) is 39.0. The maximum absolute atomic E-state index is 5.92. The molecule has 0 aliphatic carbocycles. The fraction of sp³-hybridized carbons (Fsp3) is 1.00. The van der Waals surface area contributed by atoms with Gasteiger partial charge >= 0.3 is 0 Å². The summed E-state index contributed by atoms with van der Waals surface area (Å²) in [6.07, 6.45) is 4.26. The number of rotatable bonds is 2. The van der Waals surface area contributed by atoms with E-state index in [0.29, 0.717) is 6.10 Å². The highest BCUT2D eigenvalue weighted by Crippen LogP contribution is 2.32. The minimum absolute atomic E-state index is 0.472. The maximum atomic E-state index is 5.92. The minimum atomic E-state index is -1.51. The second kappa shape index (κ2) is 3.96. The Labute approximate surface area is 75.7 Å². The molecule has 2 atom stereocenters. The van der Waals surface area contributed by atoms with Gasteiger partial charge in [0.25, 0.3) is 7.47 Å². The summed E-state index contributed by atoms with van der Waals surface area (Å²) in [6, 6.07) is 2.48. The number of thiol groups is 1. The molecule has 0 aromatic rings. The Morgan fingerprint density at radius 3 is 2.91 bits per heavy atom. The summed E-state index contributed by atoms with van der Waals surface area (Å²) in [5, 5.41) is 0. The van der Waals surface area contributed by atoms with Crippen LogP contribution in [0.15, 0.2) is 0 Å². The van der Waals surface area contributed by atoms with Crippen LogP contribution in [0.2, 0.25) is 12.1 Å². The SMILES string of the molecule is CCC[Si]1(S)CCCC(C)O1. The third kappa shape index (κ3) is 2.80. The standard InChI is InChI=1S/C8H18OSSi/c1-3-6-11(10)7-4-5-8(2)9-11/h8,10H,3-7H2,1-2H3. The van der Waals surface area contributed by atoms with E-state index >= 15 is 0 Å². The van der Waals surface area contributed by atoms with E-state index in [4.69, 9.17) is 16.5 Å². The second-order valence-electron chi connectivity index (χ2n) is 3.52. The van der Waals surface area contributed by atoms with Gasteiger partial charge in [0.1, 0.15) is 0 Å². The lowest BCUT2D eigenvalue weighted by Gasteiger charge is -2.34. The molecule has 0 saturated carbocycles. The molecule has 0 spiro atoms. The predicted molar refractivity (Wildman–Crippen MR) is 54.4 cm³/mol. The summed E-state index contributed by atoms with van der Waals surface area (Å²) >= 11 is 4.71. The van der Waals surface area contributed by atoms with Crippen LogP contribution in [0.4, 0.5) is 0 Å². The summed E-state index contributed by atoms with van der Waals surface area (Å²) in [5.41, 5.74) is 0. The monoisotopic (exact) mass is 190 g/mol. The van der Waals surface area contributed by atoms with E-state index in [9.17, 15) is 0 Å². The van der Waals surface area contributed by atoms with Gasteiger partial charge in [-0.05, 0) is 25.4 Å². The summed E-state index contributed by atoms with van der Waals surface area (Å²) in [6.45, 7) is 4.39. The second-order valence-corrected chi connectivity index (χ2v) is 9.09. The molecule has 0 aromatic carbocycles. The van der Waals surface area contributed by atoms with Crippen molar-refractivity contribution in [3.8, 4) is 0 Å². The molecule has 66 valence electrons. The minimum Gasteiger partial charge on any atom is -0.404 e. The van der Waals surface area contributed by atoms with Crippen LogP contribution >= 0.6 is 12.1 Å². The van der Waals surface area contributed by atoms with E-state index in [-0.39, 0.29) is 0 Å². The Kier molecular flexibility index (Phi) is 3.46. The van der Waals surface area contributed by atoms with Crippen LogP contribution in [0.3, 0.4) is 0 Å². The lowest BCUT2D eigenvalue weighted by molar-refractivity contribution is 0.184. The van der Waals surface area contributed by atoms with E-state index in [1.807, 2.05) is 0 Å². The third-order valence-electron chi connectivity index (χ3n) is 2.24. The summed E-state index contributed by atoms with van der Waals surface area (Å²) in [7, 11) is -1.51. The topological polar surface area (TPSA) is 9.23 Å². The quantitative estimate of drug-likeness (QED) is 0.520. The van der Waals surface area contributed by atoms with Crippen LogP contribution in [0.25, 0.3) is 0 Å². The highest BCUT2D eigenvalue weighted by atomic mass is 32.3. The molecule has 1 aliphatic rings. The largest absolute Gasteiger partial charge is 0.404 e. The zero-order valence-electron chi connectivity index (χ0n) is 7.47. The molecule has 0 bridgehead atoms. The van der Waals surface area contributed by atoms with Gasteiger partial charge in [-0.3, -0.25) is 0 Å². The third-order valence-corrected chi connectivity index (χ3v) is 7.15. The van der Waals surface area contributed by atoms with Gasteiger partial charge in [0.2, 0.25) is 0 Å². The van der Waals surface area contributed by atoms with E-state index in [1.54, 1.807) is 0 Å². The van der Waals surface area contributed by atoms with Crippen LogP contribution in [-0.2, 0) is 4.43 Å². The molecular weight excluding hydrogens is 172 g/mol. The molecule has 1 saturated heterocycles. The van der Waals surface area contributed by atoms with Crippen LogP contribution in [0, 0.1) is 0 Å². The van der Waals surface area contributed by atoms with Gasteiger partial charge in [0.15, 0.2) is 0 Å². The van der Waals surface area contributed by atoms with Gasteiger partial charge in [-0.25, -0.2) is 0 Å². The molecule has 3 heteroatoms. The predicted octanol–water partition coefficient (Wildman–Crippen LogP) is 2.97. The Balaban J connectivity index is 2.41. The van der Waals surface area contributed by atoms with Gasteiger partial charge in [0, 0.05) is 6.10 Å². The fourth-order valence-electron chi connectivity index (χ4n) is 1.73. The molecule has 0 N–H and O–H groups in total. The molecule has 0 aromatic heterocycles. The Morgan fingerprint density at radius 1 is 1.64 bits per heavy atom.